The predicted molar refractivity (Wildman–Crippen MR) is 104 cm³/mol. The number of ether oxygens (including phenoxy) is 1. The van der Waals surface area contributed by atoms with E-state index in [9.17, 15) is 0 Å². The molecule has 2 fully saturated rings. The van der Waals surface area contributed by atoms with Crippen LogP contribution >= 0.6 is 0 Å². The summed E-state index contributed by atoms with van der Waals surface area (Å²) in [5.74, 6) is 1.33. The van der Waals surface area contributed by atoms with Crippen molar-refractivity contribution >= 4 is 5.82 Å². The van der Waals surface area contributed by atoms with E-state index in [1.165, 1.54) is 5.56 Å². The lowest BCUT2D eigenvalue weighted by molar-refractivity contribution is 0.193. The van der Waals surface area contributed by atoms with Crippen molar-refractivity contribution < 1.29 is 4.74 Å². The Balaban J connectivity index is 1.51. The number of hydrogen-bond donors (Lipinski definition) is 1. The van der Waals surface area contributed by atoms with Crippen molar-refractivity contribution in [3.63, 3.8) is 0 Å². The Morgan fingerprint density at radius 3 is 2.73 bits per heavy atom. The number of aromatic nitrogens is 2. The molecule has 1 aromatic carbocycles. The molecule has 0 radical (unpaired) electrons. The first-order valence-corrected chi connectivity index (χ1v) is 9.63. The molecular weight excluding hydrogens is 324 g/mol. The molecule has 1 unspecified atom stereocenters. The van der Waals surface area contributed by atoms with Crippen molar-refractivity contribution in [2.45, 2.75) is 30.6 Å². The van der Waals surface area contributed by atoms with Gasteiger partial charge >= 0.3 is 0 Å². The van der Waals surface area contributed by atoms with E-state index >= 15 is 0 Å². The summed E-state index contributed by atoms with van der Waals surface area (Å²) in [5, 5.41) is 3.62. The third-order valence-electron chi connectivity index (χ3n) is 5.97. The Kier molecular flexibility index (Phi) is 5.18. The summed E-state index contributed by atoms with van der Waals surface area (Å²) in [6.45, 7) is 4.78. The van der Waals surface area contributed by atoms with Crippen molar-refractivity contribution in [3.8, 4) is 0 Å². The van der Waals surface area contributed by atoms with E-state index < -0.39 is 0 Å². The fourth-order valence-electron chi connectivity index (χ4n) is 4.13. The molecule has 1 aromatic heterocycles. The maximum Gasteiger partial charge on any atom is 0.129 e. The molecule has 2 aliphatic rings. The first-order chi connectivity index (χ1) is 12.8. The monoisotopic (exact) mass is 352 g/mol. The molecule has 0 saturated carbocycles. The van der Waals surface area contributed by atoms with Gasteiger partial charge in [0, 0.05) is 30.6 Å². The smallest absolute Gasteiger partial charge is 0.129 e. The molecule has 26 heavy (non-hydrogen) atoms. The van der Waals surface area contributed by atoms with Crippen LogP contribution in [0.5, 0.6) is 0 Å². The van der Waals surface area contributed by atoms with Crippen LogP contribution in [0.3, 0.4) is 0 Å². The third kappa shape index (κ3) is 3.74. The molecule has 0 spiro atoms. The van der Waals surface area contributed by atoms with Crippen LogP contribution in [0.15, 0.2) is 42.7 Å². The Labute approximate surface area is 155 Å². The lowest BCUT2D eigenvalue weighted by Gasteiger charge is -2.41. The molecule has 2 aliphatic heterocycles. The number of anilines is 1. The zero-order valence-corrected chi connectivity index (χ0v) is 15.5. The van der Waals surface area contributed by atoms with Gasteiger partial charge in [0.25, 0.3) is 0 Å². The fraction of sp³-hybridized carbons (Fsp3) is 0.524. The highest BCUT2D eigenvalue weighted by Gasteiger charge is 2.35. The van der Waals surface area contributed by atoms with E-state index in [2.05, 4.69) is 63.6 Å². The van der Waals surface area contributed by atoms with Crippen LogP contribution < -0.4 is 5.32 Å². The third-order valence-corrected chi connectivity index (χ3v) is 5.97. The highest BCUT2D eigenvalue weighted by molar-refractivity contribution is 5.39. The van der Waals surface area contributed by atoms with Crippen LogP contribution in [0.2, 0.25) is 0 Å². The van der Waals surface area contributed by atoms with Crippen molar-refractivity contribution in [1.29, 1.82) is 0 Å². The lowest BCUT2D eigenvalue weighted by Crippen LogP contribution is -2.45. The Bertz CT molecular complexity index is 707. The summed E-state index contributed by atoms with van der Waals surface area (Å²) in [7, 11) is 2.21. The first kappa shape index (κ1) is 17.4. The van der Waals surface area contributed by atoms with Crippen LogP contribution in [-0.2, 0) is 10.2 Å². The minimum atomic E-state index is 0.162. The van der Waals surface area contributed by atoms with Crippen molar-refractivity contribution in [3.05, 3.63) is 54.0 Å². The maximum atomic E-state index is 5.50. The summed E-state index contributed by atoms with van der Waals surface area (Å²) < 4.78 is 5.50. The van der Waals surface area contributed by atoms with E-state index in [4.69, 9.17) is 4.74 Å². The maximum absolute atomic E-state index is 5.50. The van der Waals surface area contributed by atoms with Gasteiger partial charge < -0.3 is 15.0 Å². The lowest BCUT2D eigenvalue weighted by atomic mass is 9.72. The van der Waals surface area contributed by atoms with Gasteiger partial charge in [-0.3, -0.25) is 0 Å². The molecular formula is C21H28N4O. The number of nitrogens with zero attached hydrogens (tertiary/aromatic N) is 3. The molecule has 2 saturated heterocycles. The van der Waals surface area contributed by atoms with Gasteiger partial charge in [0.2, 0.25) is 0 Å². The van der Waals surface area contributed by atoms with Gasteiger partial charge in [-0.05, 0) is 45.0 Å². The van der Waals surface area contributed by atoms with Crippen molar-refractivity contribution in [2.75, 3.05) is 45.2 Å². The molecule has 5 heteroatoms. The quantitative estimate of drug-likeness (QED) is 0.896. The van der Waals surface area contributed by atoms with E-state index in [1.54, 1.807) is 6.33 Å². The molecule has 1 N–H and O–H groups in total. The minimum Gasteiger partial charge on any atom is -0.381 e. The van der Waals surface area contributed by atoms with Crippen LogP contribution in [0.4, 0.5) is 5.82 Å². The van der Waals surface area contributed by atoms with Gasteiger partial charge in [-0.1, -0.05) is 30.3 Å². The van der Waals surface area contributed by atoms with Gasteiger partial charge in [-0.2, -0.15) is 0 Å². The highest BCUT2D eigenvalue weighted by Crippen LogP contribution is 2.35. The zero-order chi connectivity index (χ0) is 17.8. The van der Waals surface area contributed by atoms with E-state index in [0.29, 0.717) is 5.92 Å². The van der Waals surface area contributed by atoms with Crippen LogP contribution in [-0.4, -0.2) is 54.8 Å². The number of benzene rings is 1. The van der Waals surface area contributed by atoms with Crippen LogP contribution in [0, 0.1) is 0 Å². The minimum absolute atomic E-state index is 0.162. The summed E-state index contributed by atoms with van der Waals surface area (Å²) >= 11 is 0. The summed E-state index contributed by atoms with van der Waals surface area (Å²) in [5.41, 5.74) is 2.69. The van der Waals surface area contributed by atoms with Crippen molar-refractivity contribution in [1.82, 2.24) is 14.9 Å². The van der Waals surface area contributed by atoms with Gasteiger partial charge in [0.05, 0.1) is 12.3 Å². The van der Waals surface area contributed by atoms with Crippen LogP contribution in [0.25, 0.3) is 0 Å². The molecule has 1 atom stereocenters. The van der Waals surface area contributed by atoms with E-state index in [0.717, 1.165) is 63.6 Å². The van der Waals surface area contributed by atoms with Crippen molar-refractivity contribution in [2.24, 2.45) is 0 Å². The predicted octanol–water partition coefficient (Wildman–Crippen LogP) is 3.06. The fourth-order valence-corrected chi connectivity index (χ4v) is 4.13. The summed E-state index contributed by atoms with van der Waals surface area (Å²) in [6, 6.07) is 13.0. The summed E-state index contributed by atoms with van der Waals surface area (Å²) in [6.07, 6.45) is 5.06. The Morgan fingerprint density at radius 1 is 1.19 bits per heavy atom. The van der Waals surface area contributed by atoms with Gasteiger partial charge in [0.15, 0.2) is 0 Å². The molecule has 4 rings (SSSR count). The number of piperidine rings is 1. The normalized spacial score (nSPS) is 23.0. The zero-order valence-electron chi connectivity index (χ0n) is 15.5. The van der Waals surface area contributed by atoms with E-state index in [1.807, 2.05) is 0 Å². The van der Waals surface area contributed by atoms with Gasteiger partial charge in [-0.15, -0.1) is 0 Å². The standard InChI is InChI=1S/C21H28N4O/c1-25-10-8-21(9-11-25,18-5-3-2-4-6-18)15-22-20-13-19(23-16-24-20)17-7-12-26-14-17/h2-6,13,16-17H,7-12,14-15H2,1H3,(H,22,23,24). The number of likely N-dealkylation sites (tertiary alicyclic amines) is 1. The number of hydrogen-bond acceptors (Lipinski definition) is 5. The molecule has 0 bridgehead atoms. The van der Waals surface area contributed by atoms with Gasteiger partial charge in [-0.25, -0.2) is 9.97 Å². The SMILES string of the molecule is CN1CCC(CNc2cc(C3CCOC3)ncn2)(c2ccccc2)CC1. The molecule has 0 amide bonds. The Hall–Kier alpha value is -1.98. The average molecular weight is 352 g/mol. The van der Waals surface area contributed by atoms with Crippen LogP contribution in [0.1, 0.15) is 36.4 Å². The second-order valence-corrected chi connectivity index (χ2v) is 7.69. The second-order valence-electron chi connectivity index (χ2n) is 7.69. The second kappa shape index (κ2) is 7.72. The van der Waals surface area contributed by atoms with E-state index in [-0.39, 0.29) is 5.41 Å². The largest absolute Gasteiger partial charge is 0.381 e. The molecule has 2 aromatic rings. The Morgan fingerprint density at radius 2 is 2.00 bits per heavy atom. The molecule has 0 aliphatic carbocycles. The number of rotatable bonds is 5. The number of nitrogens with one attached hydrogen (secondary N) is 1. The van der Waals surface area contributed by atoms with Gasteiger partial charge in [0.1, 0.15) is 12.1 Å². The molecule has 138 valence electrons. The highest BCUT2D eigenvalue weighted by atomic mass is 16.5. The molecule has 5 nitrogen and oxygen atoms in total. The molecule has 3 heterocycles. The summed E-state index contributed by atoms with van der Waals surface area (Å²) in [4.78, 5) is 11.3. The first-order valence-electron chi connectivity index (χ1n) is 9.63. The topological polar surface area (TPSA) is 50.3 Å². The average Bonchev–Trinajstić information content (AvgIpc) is 3.24.